The highest BCUT2D eigenvalue weighted by Crippen LogP contribution is 2.37. The second-order valence-electron chi connectivity index (χ2n) is 8.81. The van der Waals surface area contributed by atoms with E-state index in [1.807, 2.05) is 4.90 Å². The van der Waals surface area contributed by atoms with E-state index < -0.39 is 0 Å². The molecule has 3 aliphatic heterocycles. The van der Waals surface area contributed by atoms with Gasteiger partial charge in [-0.2, -0.15) is 0 Å². The molecule has 1 aromatic carbocycles. The Kier molecular flexibility index (Phi) is 5.88. The lowest BCUT2D eigenvalue weighted by molar-refractivity contribution is 0.0519. The fourth-order valence-electron chi connectivity index (χ4n) is 5.37. The fourth-order valence-corrected chi connectivity index (χ4v) is 5.37. The minimum atomic E-state index is 0.0185. The van der Waals surface area contributed by atoms with Gasteiger partial charge in [0.15, 0.2) is 5.76 Å². The van der Waals surface area contributed by atoms with Crippen molar-refractivity contribution < 1.29 is 9.21 Å². The topological polar surface area (TPSA) is 43.2 Å². The second kappa shape index (κ2) is 8.92. The molecule has 3 saturated heterocycles. The predicted octanol–water partition coefficient (Wildman–Crippen LogP) is 2.56. The summed E-state index contributed by atoms with van der Waals surface area (Å²) in [5.74, 6) is 0.469. The molecule has 0 aliphatic carbocycles. The van der Waals surface area contributed by atoms with Crippen LogP contribution < -0.4 is 0 Å². The van der Waals surface area contributed by atoms with Crippen molar-refractivity contribution in [3.63, 3.8) is 0 Å². The van der Waals surface area contributed by atoms with Crippen LogP contribution in [0.15, 0.2) is 53.1 Å². The van der Waals surface area contributed by atoms with E-state index in [1.54, 1.807) is 18.4 Å². The van der Waals surface area contributed by atoms with Crippen LogP contribution in [-0.4, -0.2) is 90.5 Å². The van der Waals surface area contributed by atoms with Crippen LogP contribution in [0.4, 0.5) is 0 Å². The first-order valence-electron chi connectivity index (χ1n) is 11.4. The summed E-state index contributed by atoms with van der Waals surface area (Å²) >= 11 is 0. The third-order valence-electron chi connectivity index (χ3n) is 7.09. The second-order valence-corrected chi connectivity index (χ2v) is 8.81. The third-order valence-corrected chi connectivity index (χ3v) is 7.09. The zero-order valence-electron chi connectivity index (χ0n) is 17.7. The lowest BCUT2D eigenvalue weighted by atomic mass is 10.0. The van der Waals surface area contributed by atoms with Crippen molar-refractivity contribution in [3.05, 3.63) is 60.1 Å². The Bertz CT molecular complexity index is 817. The van der Waals surface area contributed by atoms with Gasteiger partial charge in [-0.3, -0.25) is 19.5 Å². The van der Waals surface area contributed by atoms with Crippen LogP contribution in [0.25, 0.3) is 0 Å². The van der Waals surface area contributed by atoms with E-state index in [0.717, 1.165) is 45.8 Å². The Morgan fingerprint density at radius 1 is 0.867 bits per heavy atom. The van der Waals surface area contributed by atoms with Gasteiger partial charge in [-0.15, -0.1) is 0 Å². The van der Waals surface area contributed by atoms with E-state index in [2.05, 4.69) is 45.0 Å². The van der Waals surface area contributed by atoms with Crippen molar-refractivity contribution in [2.45, 2.75) is 24.9 Å². The van der Waals surface area contributed by atoms with E-state index in [0.29, 0.717) is 17.8 Å². The lowest BCUT2D eigenvalue weighted by Crippen LogP contribution is -2.54. The van der Waals surface area contributed by atoms with Gasteiger partial charge in [0, 0.05) is 71.0 Å². The van der Waals surface area contributed by atoms with Gasteiger partial charge in [0.2, 0.25) is 0 Å². The van der Waals surface area contributed by atoms with E-state index in [-0.39, 0.29) is 5.91 Å². The summed E-state index contributed by atoms with van der Waals surface area (Å²) in [7, 11) is 0. The van der Waals surface area contributed by atoms with Gasteiger partial charge in [-0.1, -0.05) is 30.3 Å². The Labute approximate surface area is 179 Å². The highest BCUT2D eigenvalue weighted by atomic mass is 16.3. The summed E-state index contributed by atoms with van der Waals surface area (Å²) in [6, 6.07) is 15.9. The number of nitrogens with zero attached hydrogens (tertiary/aromatic N) is 4. The van der Waals surface area contributed by atoms with Crippen LogP contribution in [0.1, 0.15) is 35.0 Å². The molecular weight excluding hydrogens is 376 g/mol. The van der Waals surface area contributed by atoms with Crippen molar-refractivity contribution in [3.8, 4) is 0 Å². The summed E-state index contributed by atoms with van der Waals surface area (Å²) < 4.78 is 5.26. The Balaban J connectivity index is 1.06. The normalized spacial score (nSPS) is 26.1. The molecule has 2 atom stereocenters. The maximum atomic E-state index is 12.4. The number of carbonyl (C=O) groups is 1. The molecule has 160 valence electrons. The van der Waals surface area contributed by atoms with Gasteiger partial charge in [-0.05, 0) is 30.5 Å². The number of rotatable bonds is 5. The monoisotopic (exact) mass is 408 g/mol. The van der Waals surface area contributed by atoms with Crippen LogP contribution in [0.2, 0.25) is 0 Å². The predicted molar refractivity (Wildman–Crippen MR) is 116 cm³/mol. The van der Waals surface area contributed by atoms with Crippen molar-refractivity contribution in [2.75, 3.05) is 58.9 Å². The minimum absolute atomic E-state index is 0.0185. The van der Waals surface area contributed by atoms with Gasteiger partial charge in [0.25, 0.3) is 5.91 Å². The first kappa shape index (κ1) is 19.8. The highest BCUT2D eigenvalue weighted by Gasteiger charge is 2.37. The number of benzene rings is 1. The average Bonchev–Trinajstić information content (AvgIpc) is 3.48. The molecule has 1 aromatic heterocycles. The number of piperazine rings is 2. The lowest BCUT2D eigenvalue weighted by Gasteiger charge is -2.41. The van der Waals surface area contributed by atoms with E-state index >= 15 is 0 Å². The van der Waals surface area contributed by atoms with Gasteiger partial charge in [-0.25, -0.2) is 0 Å². The number of carbonyl (C=O) groups excluding carboxylic acids is 1. The van der Waals surface area contributed by atoms with E-state index in [4.69, 9.17) is 4.42 Å². The van der Waals surface area contributed by atoms with Gasteiger partial charge in [0.1, 0.15) is 0 Å². The zero-order valence-corrected chi connectivity index (χ0v) is 17.7. The molecule has 30 heavy (non-hydrogen) atoms. The molecule has 3 fully saturated rings. The third kappa shape index (κ3) is 4.17. The van der Waals surface area contributed by atoms with Crippen molar-refractivity contribution in [1.82, 2.24) is 19.6 Å². The maximum Gasteiger partial charge on any atom is 0.289 e. The van der Waals surface area contributed by atoms with E-state index in [1.165, 1.54) is 31.5 Å². The SMILES string of the molecule is O=C(c1ccco1)N1CCN(CCN2CCN3C(CCC3c3ccccc3)C2)CC1. The highest BCUT2D eigenvalue weighted by molar-refractivity contribution is 5.91. The number of hydrogen-bond acceptors (Lipinski definition) is 5. The minimum Gasteiger partial charge on any atom is -0.459 e. The van der Waals surface area contributed by atoms with Crippen molar-refractivity contribution in [2.24, 2.45) is 0 Å². The molecule has 1 amide bonds. The standard InChI is InChI=1S/C24H32N4O2/c29-24(23-7-4-18-30-23)27-15-12-25(13-16-27)10-11-26-14-17-28-21(19-26)8-9-22(28)20-5-2-1-3-6-20/h1-7,18,21-22H,8-17,19H2. The van der Waals surface area contributed by atoms with Gasteiger partial charge >= 0.3 is 0 Å². The molecule has 6 nitrogen and oxygen atoms in total. The smallest absolute Gasteiger partial charge is 0.289 e. The van der Waals surface area contributed by atoms with Crippen LogP contribution >= 0.6 is 0 Å². The van der Waals surface area contributed by atoms with Crippen LogP contribution in [-0.2, 0) is 0 Å². The molecule has 5 rings (SSSR count). The zero-order chi connectivity index (χ0) is 20.3. The van der Waals surface area contributed by atoms with Gasteiger partial charge < -0.3 is 9.32 Å². The summed E-state index contributed by atoms with van der Waals surface area (Å²) in [4.78, 5) is 22.2. The first-order chi connectivity index (χ1) is 14.8. The summed E-state index contributed by atoms with van der Waals surface area (Å²) in [5.41, 5.74) is 1.48. The van der Waals surface area contributed by atoms with Crippen LogP contribution in [0, 0.1) is 0 Å². The number of fused-ring (bicyclic) bond motifs is 1. The summed E-state index contributed by atoms with van der Waals surface area (Å²) in [6.07, 6.45) is 4.16. The molecule has 0 saturated carbocycles. The van der Waals surface area contributed by atoms with E-state index in [9.17, 15) is 4.79 Å². The Morgan fingerprint density at radius 3 is 2.40 bits per heavy atom. The molecular formula is C24H32N4O2. The first-order valence-corrected chi connectivity index (χ1v) is 11.4. The molecule has 0 bridgehead atoms. The molecule has 2 aromatic rings. The number of hydrogen-bond donors (Lipinski definition) is 0. The Hall–Kier alpha value is -2.15. The van der Waals surface area contributed by atoms with Gasteiger partial charge in [0.05, 0.1) is 6.26 Å². The molecule has 6 heteroatoms. The van der Waals surface area contributed by atoms with Crippen molar-refractivity contribution >= 4 is 5.91 Å². The molecule has 4 heterocycles. The summed E-state index contributed by atoms with van der Waals surface area (Å²) in [5, 5.41) is 0. The number of furan rings is 1. The molecule has 0 radical (unpaired) electrons. The summed E-state index contributed by atoms with van der Waals surface area (Å²) in [6.45, 7) is 9.23. The van der Waals surface area contributed by atoms with Crippen LogP contribution in [0.5, 0.6) is 0 Å². The fraction of sp³-hybridized carbons (Fsp3) is 0.542. The molecule has 0 N–H and O–H groups in total. The molecule has 3 aliphatic rings. The quantitative estimate of drug-likeness (QED) is 0.761. The average molecular weight is 409 g/mol. The largest absolute Gasteiger partial charge is 0.459 e. The molecule has 2 unspecified atom stereocenters. The maximum absolute atomic E-state index is 12.4. The number of amides is 1. The molecule has 0 spiro atoms. The van der Waals surface area contributed by atoms with Crippen LogP contribution in [0.3, 0.4) is 0 Å². The van der Waals surface area contributed by atoms with Crippen molar-refractivity contribution in [1.29, 1.82) is 0 Å². The Morgan fingerprint density at radius 2 is 1.63 bits per heavy atom.